The lowest BCUT2D eigenvalue weighted by Gasteiger charge is -2.28. The first-order valence-electron chi connectivity index (χ1n) is 7.63. The van der Waals surface area contributed by atoms with E-state index in [1.54, 1.807) is 0 Å². The molecule has 0 aliphatic carbocycles. The number of hydrogen-bond acceptors (Lipinski definition) is 4. The van der Waals surface area contributed by atoms with Gasteiger partial charge in [-0.3, -0.25) is 4.79 Å². The van der Waals surface area contributed by atoms with Crippen molar-refractivity contribution < 1.29 is 19.0 Å². The second-order valence-electron chi connectivity index (χ2n) is 6.98. The molecule has 0 saturated carbocycles. The fourth-order valence-electron chi connectivity index (χ4n) is 1.68. The molecule has 1 rings (SSSR count). The van der Waals surface area contributed by atoms with Gasteiger partial charge in [-0.15, -0.1) is 0 Å². The lowest BCUT2D eigenvalue weighted by molar-refractivity contribution is -0.169. The zero-order chi connectivity index (χ0) is 16.6. The van der Waals surface area contributed by atoms with Crippen molar-refractivity contribution in [2.24, 2.45) is 5.41 Å². The molecule has 0 unspecified atom stereocenters. The topological polar surface area (TPSA) is 44.8 Å². The van der Waals surface area contributed by atoms with Crippen LogP contribution in [0.4, 0.5) is 0 Å². The molecule has 0 spiro atoms. The van der Waals surface area contributed by atoms with Crippen LogP contribution in [0.15, 0.2) is 30.3 Å². The summed E-state index contributed by atoms with van der Waals surface area (Å²) in [6, 6.07) is 9.99. The molecule has 4 nitrogen and oxygen atoms in total. The minimum atomic E-state index is -0.660. The molecule has 1 aromatic rings. The van der Waals surface area contributed by atoms with Crippen molar-refractivity contribution in [3.05, 3.63) is 35.9 Å². The molecule has 22 heavy (non-hydrogen) atoms. The van der Waals surface area contributed by atoms with Crippen LogP contribution in [-0.2, 0) is 25.6 Å². The second-order valence-corrected chi connectivity index (χ2v) is 6.98. The molecule has 0 radical (unpaired) electrons. The van der Waals surface area contributed by atoms with E-state index in [0.717, 1.165) is 5.56 Å². The summed E-state index contributed by atoms with van der Waals surface area (Å²) in [5.41, 5.74) is -0.00330. The minimum Gasteiger partial charge on any atom is -0.459 e. The zero-order valence-electron chi connectivity index (χ0n) is 14.3. The number of carbonyl (C=O) groups is 1. The quantitative estimate of drug-likeness (QED) is 0.544. The van der Waals surface area contributed by atoms with Crippen molar-refractivity contribution in [2.45, 2.75) is 46.8 Å². The van der Waals surface area contributed by atoms with Gasteiger partial charge in [0.1, 0.15) is 5.60 Å². The van der Waals surface area contributed by atoms with Crippen molar-refractivity contribution >= 4 is 5.97 Å². The summed E-state index contributed by atoms with van der Waals surface area (Å²) in [5.74, 6) is -0.245. The predicted molar refractivity (Wildman–Crippen MR) is 86.5 cm³/mol. The van der Waals surface area contributed by atoms with Gasteiger partial charge in [-0.1, -0.05) is 30.3 Å². The van der Waals surface area contributed by atoms with E-state index in [1.807, 2.05) is 65.0 Å². The van der Waals surface area contributed by atoms with E-state index in [2.05, 4.69) is 0 Å². The van der Waals surface area contributed by atoms with Crippen molar-refractivity contribution in [3.63, 3.8) is 0 Å². The summed E-state index contributed by atoms with van der Waals surface area (Å²) in [5, 5.41) is 0. The molecular weight excluding hydrogens is 280 g/mol. The van der Waals surface area contributed by atoms with Gasteiger partial charge in [-0.25, -0.2) is 0 Å². The van der Waals surface area contributed by atoms with Gasteiger partial charge in [0, 0.05) is 0 Å². The molecule has 0 amide bonds. The fourth-order valence-corrected chi connectivity index (χ4v) is 1.68. The number of carbonyl (C=O) groups excluding carboxylic acids is 1. The highest BCUT2D eigenvalue weighted by Gasteiger charge is 2.32. The highest BCUT2D eigenvalue weighted by Crippen LogP contribution is 2.21. The predicted octanol–water partition coefficient (Wildman–Crippen LogP) is 3.59. The van der Waals surface area contributed by atoms with E-state index in [0.29, 0.717) is 26.4 Å². The number of benzene rings is 1. The lowest BCUT2D eigenvalue weighted by Crippen LogP contribution is -2.37. The molecule has 0 bridgehead atoms. The number of hydrogen-bond donors (Lipinski definition) is 0. The van der Waals surface area contributed by atoms with Crippen LogP contribution in [0, 0.1) is 5.41 Å². The Hall–Kier alpha value is -1.39. The number of ether oxygens (including phenoxy) is 3. The largest absolute Gasteiger partial charge is 0.459 e. The van der Waals surface area contributed by atoms with Crippen LogP contribution >= 0.6 is 0 Å². The number of rotatable bonds is 8. The van der Waals surface area contributed by atoms with Crippen LogP contribution in [0.3, 0.4) is 0 Å². The van der Waals surface area contributed by atoms with E-state index >= 15 is 0 Å². The molecule has 1 aromatic carbocycles. The second kappa shape index (κ2) is 8.30. The van der Waals surface area contributed by atoms with Gasteiger partial charge in [0.25, 0.3) is 0 Å². The molecule has 0 saturated heterocycles. The van der Waals surface area contributed by atoms with Crippen molar-refractivity contribution in [1.29, 1.82) is 0 Å². The molecule has 0 aliphatic heterocycles. The van der Waals surface area contributed by atoms with Gasteiger partial charge >= 0.3 is 5.97 Å². The third-order valence-electron chi connectivity index (χ3n) is 2.90. The van der Waals surface area contributed by atoms with E-state index in [1.165, 1.54) is 0 Å². The zero-order valence-corrected chi connectivity index (χ0v) is 14.3. The van der Waals surface area contributed by atoms with E-state index in [4.69, 9.17) is 14.2 Å². The molecule has 4 heteroatoms. The van der Waals surface area contributed by atoms with Crippen LogP contribution in [0.5, 0.6) is 0 Å². The van der Waals surface area contributed by atoms with E-state index < -0.39 is 11.0 Å². The van der Waals surface area contributed by atoms with Crippen LogP contribution in [0.25, 0.3) is 0 Å². The van der Waals surface area contributed by atoms with E-state index in [-0.39, 0.29) is 5.97 Å². The molecule has 0 fully saturated rings. The SMILES string of the molecule is CC(C)(C)OC(=O)C(C)(C)COCCOCc1ccccc1. The van der Waals surface area contributed by atoms with Crippen LogP contribution in [0.2, 0.25) is 0 Å². The fraction of sp³-hybridized carbons (Fsp3) is 0.611. The van der Waals surface area contributed by atoms with Gasteiger partial charge < -0.3 is 14.2 Å². The Morgan fingerprint density at radius 3 is 2.14 bits per heavy atom. The highest BCUT2D eigenvalue weighted by atomic mass is 16.6. The molecule has 0 atom stereocenters. The van der Waals surface area contributed by atoms with Gasteiger partial charge in [0.2, 0.25) is 0 Å². The number of esters is 1. The van der Waals surface area contributed by atoms with Crippen LogP contribution in [0.1, 0.15) is 40.2 Å². The van der Waals surface area contributed by atoms with E-state index in [9.17, 15) is 4.79 Å². The average molecular weight is 308 g/mol. The monoisotopic (exact) mass is 308 g/mol. The third-order valence-corrected chi connectivity index (χ3v) is 2.90. The summed E-state index contributed by atoms with van der Waals surface area (Å²) < 4.78 is 16.5. The van der Waals surface area contributed by atoms with Gasteiger partial charge in [0.05, 0.1) is 31.8 Å². The Morgan fingerprint density at radius 1 is 0.955 bits per heavy atom. The van der Waals surface area contributed by atoms with Crippen LogP contribution in [-0.4, -0.2) is 31.4 Å². The first-order valence-corrected chi connectivity index (χ1v) is 7.63. The summed E-state index contributed by atoms with van der Waals surface area (Å²) in [6.45, 7) is 11.1. The average Bonchev–Trinajstić information content (AvgIpc) is 2.42. The molecule has 0 N–H and O–H groups in total. The Kier molecular flexibility index (Phi) is 7.04. The first-order chi connectivity index (χ1) is 10.2. The van der Waals surface area contributed by atoms with Gasteiger partial charge in [-0.2, -0.15) is 0 Å². The maximum absolute atomic E-state index is 12.1. The standard InChI is InChI=1S/C18H28O4/c1-17(2,3)22-16(19)18(4,5)14-21-12-11-20-13-15-9-7-6-8-10-15/h6-10H,11-14H2,1-5H3. The maximum Gasteiger partial charge on any atom is 0.314 e. The highest BCUT2D eigenvalue weighted by molar-refractivity contribution is 5.76. The maximum atomic E-state index is 12.1. The summed E-state index contributed by atoms with van der Waals surface area (Å²) in [7, 11) is 0. The third kappa shape index (κ3) is 7.57. The molecule has 0 aliphatic rings. The summed E-state index contributed by atoms with van der Waals surface area (Å²) >= 11 is 0. The molecule has 0 heterocycles. The molecular formula is C18H28O4. The minimum absolute atomic E-state index is 0.245. The smallest absolute Gasteiger partial charge is 0.314 e. The normalized spacial score (nSPS) is 12.2. The Labute approximate surface area is 133 Å². The van der Waals surface area contributed by atoms with Gasteiger partial charge in [-0.05, 0) is 40.2 Å². The van der Waals surface area contributed by atoms with Crippen molar-refractivity contribution in [3.8, 4) is 0 Å². The van der Waals surface area contributed by atoms with Crippen molar-refractivity contribution in [2.75, 3.05) is 19.8 Å². The summed E-state index contributed by atoms with van der Waals surface area (Å²) in [4.78, 5) is 12.1. The Balaban J connectivity index is 2.19. The Morgan fingerprint density at radius 2 is 1.55 bits per heavy atom. The summed E-state index contributed by atoms with van der Waals surface area (Å²) in [6.07, 6.45) is 0. The Bertz CT molecular complexity index is 446. The van der Waals surface area contributed by atoms with Crippen LogP contribution < -0.4 is 0 Å². The van der Waals surface area contributed by atoms with Crippen molar-refractivity contribution in [1.82, 2.24) is 0 Å². The molecule has 0 aromatic heterocycles. The lowest BCUT2D eigenvalue weighted by atomic mass is 9.95. The molecule has 124 valence electrons. The van der Waals surface area contributed by atoms with Gasteiger partial charge in [0.15, 0.2) is 0 Å². The first kappa shape index (κ1) is 18.7.